The van der Waals surface area contributed by atoms with E-state index in [1.54, 1.807) is 47.3 Å². The second kappa shape index (κ2) is 10.2. The van der Waals surface area contributed by atoms with Crippen LogP contribution in [-0.4, -0.2) is 32.0 Å². The molecule has 2 N–H and O–H groups in total. The van der Waals surface area contributed by atoms with Crippen molar-refractivity contribution in [1.82, 2.24) is 19.8 Å². The Morgan fingerprint density at radius 2 is 1.72 bits per heavy atom. The van der Waals surface area contributed by atoms with Gasteiger partial charge in [-0.15, -0.1) is 0 Å². The minimum absolute atomic E-state index is 0.0714. The lowest BCUT2D eigenvalue weighted by atomic mass is 10.0. The molecular weight excluding hydrogens is 480 g/mol. The maximum absolute atomic E-state index is 14.7. The Bertz CT molecular complexity index is 1390. The maximum atomic E-state index is 14.7. The van der Waals surface area contributed by atoms with Crippen molar-refractivity contribution in [3.05, 3.63) is 114 Å². The molecular formula is C27H23F2N5OS. The van der Waals surface area contributed by atoms with Crippen LogP contribution in [0.25, 0.3) is 5.69 Å². The van der Waals surface area contributed by atoms with Crippen molar-refractivity contribution in [3.8, 4) is 5.69 Å². The van der Waals surface area contributed by atoms with Gasteiger partial charge in [0.15, 0.2) is 5.11 Å². The summed E-state index contributed by atoms with van der Waals surface area (Å²) in [5, 5.41) is 6.40. The first-order valence-electron chi connectivity index (χ1n) is 11.5. The molecule has 1 fully saturated rings. The molecule has 0 radical (unpaired) electrons. The van der Waals surface area contributed by atoms with E-state index in [-0.39, 0.29) is 42.5 Å². The molecule has 0 bridgehead atoms. The number of amides is 1. The zero-order valence-corrected chi connectivity index (χ0v) is 20.0. The van der Waals surface area contributed by atoms with E-state index in [0.717, 1.165) is 11.4 Å². The molecule has 3 heterocycles. The van der Waals surface area contributed by atoms with Crippen molar-refractivity contribution in [3.63, 3.8) is 0 Å². The average molecular weight is 504 g/mol. The third kappa shape index (κ3) is 4.70. The highest BCUT2D eigenvalue weighted by molar-refractivity contribution is 7.80. The molecule has 0 saturated carbocycles. The van der Waals surface area contributed by atoms with Gasteiger partial charge in [-0.3, -0.25) is 9.78 Å². The molecule has 9 heteroatoms. The van der Waals surface area contributed by atoms with Crippen LogP contribution in [0.4, 0.5) is 14.5 Å². The minimum atomic E-state index is -0.500. The standard InChI is InChI=1S/C27H23F2N5OS/c28-18-8-1-3-10-20(18)31-24(35)14-17-34-26(25(32-27(34)36)21-11-5-6-15-30-21)23-13-7-16-33(23)22-12-4-2-9-19(22)29/h1-13,15-16,25-26H,14,17H2,(H,31,35)(H,32,36)/t25-,26-/m1/s1. The molecule has 0 unspecified atom stereocenters. The van der Waals surface area contributed by atoms with Crippen LogP contribution in [0, 0.1) is 11.6 Å². The van der Waals surface area contributed by atoms with Crippen LogP contribution in [0.2, 0.25) is 0 Å². The quantitative estimate of drug-likeness (QED) is 0.342. The number of hydrogen-bond acceptors (Lipinski definition) is 3. The van der Waals surface area contributed by atoms with Crippen molar-refractivity contribution in [2.24, 2.45) is 0 Å². The zero-order chi connectivity index (χ0) is 25.1. The number of aromatic nitrogens is 2. The number of nitrogens with one attached hydrogen (secondary N) is 2. The molecule has 1 saturated heterocycles. The van der Waals surface area contributed by atoms with Gasteiger partial charge in [0.1, 0.15) is 11.6 Å². The van der Waals surface area contributed by atoms with E-state index >= 15 is 0 Å². The van der Waals surface area contributed by atoms with E-state index in [1.165, 1.54) is 18.2 Å². The number of thiocarbonyl (C=S) groups is 1. The van der Waals surface area contributed by atoms with Crippen LogP contribution in [-0.2, 0) is 4.79 Å². The molecule has 1 amide bonds. The fraction of sp³-hybridized carbons (Fsp3) is 0.148. The number of anilines is 1. The number of carbonyl (C=O) groups is 1. The summed E-state index contributed by atoms with van der Waals surface area (Å²) < 4.78 is 30.5. The lowest BCUT2D eigenvalue weighted by Crippen LogP contribution is -2.33. The summed E-state index contributed by atoms with van der Waals surface area (Å²) in [6.45, 7) is 0.266. The summed E-state index contributed by atoms with van der Waals surface area (Å²) in [5.41, 5.74) is 2.09. The third-order valence-electron chi connectivity index (χ3n) is 6.12. The first-order chi connectivity index (χ1) is 17.5. The SMILES string of the molecule is O=C(CCN1C(=S)N[C@H](c2ccccn2)[C@H]1c1cccn1-c1ccccc1F)Nc1ccccc1F. The van der Waals surface area contributed by atoms with Crippen LogP contribution in [0.3, 0.4) is 0 Å². The molecule has 5 rings (SSSR count). The van der Waals surface area contributed by atoms with Gasteiger partial charge in [0, 0.05) is 31.1 Å². The Hall–Kier alpha value is -4.11. The predicted molar refractivity (Wildman–Crippen MR) is 138 cm³/mol. The molecule has 2 aromatic carbocycles. The van der Waals surface area contributed by atoms with Crippen molar-refractivity contribution in [1.29, 1.82) is 0 Å². The van der Waals surface area contributed by atoms with Gasteiger partial charge in [-0.05, 0) is 60.7 Å². The molecule has 2 aromatic heterocycles. The Labute approximate surface area is 212 Å². The van der Waals surface area contributed by atoms with E-state index in [4.69, 9.17) is 12.2 Å². The molecule has 1 aliphatic rings. The summed E-state index contributed by atoms with van der Waals surface area (Å²) in [7, 11) is 0. The number of para-hydroxylation sites is 2. The fourth-order valence-electron chi connectivity index (χ4n) is 4.47. The molecule has 4 aromatic rings. The van der Waals surface area contributed by atoms with Gasteiger partial charge >= 0.3 is 0 Å². The zero-order valence-electron chi connectivity index (χ0n) is 19.1. The van der Waals surface area contributed by atoms with Crippen LogP contribution in [0.5, 0.6) is 0 Å². The normalized spacial score (nSPS) is 17.2. The molecule has 6 nitrogen and oxygen atoms in total. The first-order valence-corrected chi connectivity index (χ1v) is 11.9. The summed E-state index contributed by atoms with van der Waals surface area (Å²) in [6.07, 6.45) is 3.58. The lowest BCUT2D eigenvalue weighted by Gasteiger charge is -2.29. The fourth-order valence-corrected chi connectivity index (χ4v) is 4.80. The van der Waals surface area contributed by atoms with Gasteiger partial charge < -0.3 is 20.1 Å². The highest BCUT2D eigenvalue weighted by Gasteiger charge is 2.41. The second-order valence-corrected chi connectivity index (χ2v) is 8.74. The van der Waals surface area contributed by atoms with Gasteiger partial charge in [0.25, 0.3) is 0 Å². The van der Waals surface area contributed by atoms with Crippen LogP contribution >= 0.6 is 12.2 Å². The first kappa shape index (κ1) is 23.6. The van der Waals surface area contributed by atoms with Crippen LogP contribution < -0.4 is 10.6 Å². The van der Waals surface area contributed by atoms with E-state index in [1.807, 2.05) is 35.2 Å². The smallest absolute Gasteiger partial charge is 0.226 e. The van der Waals surface area contributed by atoms with Crippen LogP contribution in [0.1, 0.15) is 29.9 Å². The topological polar surface area (TPSA) is 62.2 Å². The van der Waals surface area contributed by atoms with Crippen molar-refractivity contribution in [2.45, 2.75) is 18.5 Å². The number of pyridine rings is 1. The van der Waals surface area contributed by atoms with Gasteiger partial charge in [-0.25, -0.2) is 8.78 Å². The summed E-state index contributed by atoms with van der Waals surface area (Å²) in [5.74, 6) is -1.19. The van der Waals surface area contributed by atoms with Gasteiger partial charge in [-0.1, -0.05) is 30.3 Å². The van der Waals surface area contributed by atoms with E-state index < -0.39 is 5.82 Å². The maximum Gasteiger partial charge on any atom is 0.226 e. The number of nitrogens with zero attached hydrogens (tertiary/aromatic N) is 3. The number of carbonyl (C=O) groups excluding carboxylic acids is 1. The highest BCUT2D eigenvalue weighted by atomic mass is 32.1. The van der Waals surface area contributed by atoms with E-state index in [0.29, 0.717) is 10.8 Å². The van der Waals surface area contributed by atoms with Gasteiger partial charge in [0.05, 0.1) is 29.2 Å². The van der Waals surface area contributed by atoms with E-state index in [9.17, 15) is 13.6 Å². The van der Waals surface area contributed by atoms with Crippen molar-refractivity contribution >= 4 is 28.9 Å². The molecule has 36 heavy (non-hydrogen) atoms. The summed E-state index contributed by atoms with van der Waals surface area (Å²) in [4.78, 5) is 19.1. The monoisotopic (exact) mass is 503 g/mol. The predicted octanol–water partition coefficient (Wildman–Crippen LogP) is 5.15. The van der Waals surface area contributed by atoms with Crippen LogP contribution in [0.15, 0.2) is 91.3 Å². The number of benzene rings is 2. The molecule has 0 aliphatic carbocycles. The highest BCUT2D eigenvalue weighted by Crippen LogP contribution is 2.39. The number of rotatable bonds is 7. The number of halogens is 2. The molecule has 2 atom stereocenters. The van der Waals surface area contributed by atoms with Gasteiger partial charge in [0.2, 0.25) is 5.91 Å². The second-order valence-electron chi connectivity index (χ2n) is 8.35. The molecule has 0 spiro atoms. The van der Waals surface area contributed by atoms with Crippen molar-refractivity contribution < 1.29 is 13.6 Å². The summed E-state index contributed by atoms with van der Waals surface area (Å²) >= 11 is 5.67. The van der Waals surface area contributed by atoms with Gasteiger partial charge in [-0.2, -0.15) is 0 Å². The molecule has 182 valence electrons. The minimum Gasteiger partial charge on any atom is -0.352 e. The number of hydrogen-bond donors (Lipinski definition) is 2. The van der Waals surface area contributed by atoms with Crippen molar-refractivity contribution in [2.75, 3.05) is 11.9 Å². The Kier molecular flexibility index (Phi) is 6.73. The largest absolute Gasteiger partial charge is 0.352 e. The molecule has 1 aliphatic heterocycles. The summed E-state index contributed by atoms with van der Waals surface area (Å²) in [6, 6.07) is 21.3. The Morgan fingerprint density at radius 1 is 0.972 bits per heavy atom. The Balaban J connectivity index is 1.46. The Morgan fingerprint density at radius 3 is 2.47 bits per heavy atom. The van der Waals surface area contributed by atoms with E-state index in [2.05, 4.69) is 15.6 Å². The third-order valence-corrected chi connectivity index (χ3v) is 6.47. The average Bonchev–Trinajstić information content (AvgIpc) is 3.49. The lowest BCUT2D eigenvalue weighted by molar-refractivity contribution is -0.116.